The van der Waals surface area contributed by atoms with Gasteiger partial charge in [0.05, 0.1) is 5.56 Å². The number of nitrogens with one attached hydrogen (secondary N) is 1. The monoisotopic (exact) mass is 371 g/mol. The normalized spacial score (nSPS) is 11.1. The number of carbonyl (C=O) groups excluding carboxylic acids is 1. The lowest BCUT2D eigenvalue weighted by molar-refractivity contribution is 0.0526. The van der Waals surface area contributed by atoms with Crippen LogP contribution in [-0.2, 0) is 11.2 Å². The molecule has 0 heterocycles. The minimum Gasteiger partial charge on any atom is -0.478 e. The van der Waals surface area contributed by atoms with Crippen molar-refractivity contribution in [1.82, 2.24) is 5.32 Å². The Balaban J connectivity index is 2.57. The van der Waals surface area contributed by atoms with Crippen molar-refractivity contribution in [2.45, 2.75) is 46.1 Å². The number of aryl methyl sites for hydroxylation is 2. The Morgan fingerprint density at radius 1 is 1.32 bits per heavy atom. The molecule has 1 aromatic rings. The van der Waals surface area contributed by atoms with Crippen molar-refractivity contribution < 1.29 is 19.4 Å². The van der Waals surface area contributed by atoms with Crippen LogP contribution in [0.1, 0.15) is 48.7 Å². The van der Waals surface area contributed by atoms with E-state index in [4.69, 9.17) is 4.74 Å². The molecule has 122 valence electrons. The van der Waals surface area contributed by atoms with Crippen LogP contribution in [0.25, 0.3) is 0 Å². The molecular weight excluding hydrogens is 350 g/mol. The van der Waals surface area contributed by atoms with Gasteiger partial charge in [0, 0.05) is 11.0 Å². The first-order chi connectivity index (χ1) is 10.1. The minimum atomic E-state index is -0.948. The van der Waals surface area contributed by atoms with Crippen LogP contribution in [0.4, 0.5) is 4.79 Å². The zero-order chi connectivity index (χ0) is 16.9. The third-order valence-electron chi connectivity index (χ3n) is 2.91. The summed E-state index contributed by atoms with van der Waals surface area (Å²) in [5.74, 6) is -0.948. The van der Waals surface area contributed by atoms with Gasteiger partial charge in [-0.2, -0.15) is 0 Å². The molecular formula is C16H22BrNO4. The Bertz CT molecular complexity index is 564. The van der Waals surface area contributed by atoms with Crippen molar-refractivity contribution in [3.05, 3.63) is 33.3 Å². The third kappa shape index (κ3) is 6.05. The van der Waals surface area contributed by atoms with Crippen molar-refractivity contribution in [3.63, 3.8) is 0 Å². The van der Waals surface area contributed by atoms with Crippen LogP contribution in [0.15, 0.2) is 16.6 Å². The molecule has 0 radical (unpaired) electrons. The summed E-state index contributed by atoms with van der Waals surface area (Å²) in [4.78, 5) is 22.8. The lowest BCUT2D eigenvalue weighted by Gasteiger charge is -2.19. The molecule has 0 atom stereocenters. The zero-order valence-corrected chi connectivity index (χ0v) is 14.9. The Hall–Kier alpha value is -1.56. The maximum atomic E-state index is 11.5. The Morgan fingerprint density at radius 3 is 2.50 bits per heavy atom. The molecule has 5 nitrogen and oxygen atoms in total. The molecule has 0 saturated heterocycles. The third-order valence-corrected chi connectivity index (χ3v) is 3.76. The standard InChI is InChI=1S/C16H22BrNO4/c1-10-8-11(12(14(19)20)9-13(10)17)6-5-7-18-15(21)22-16(2,3)4/h8-9H,5-7H2,1-4H3,(H,18,21)(H,19,20). The number of carboxylic acids is 1. The molecule has 1 rings (SSSR count). The van der Waals surface area contributed by atoms with E-state index in [2.05, 4.69) is 21.2 Å². The molecule has 0 aliphatic heterocycles. The average molecular weight is 372 g/mol. The lowest BCUT2D eigenvalue weighted by Crippen LogP contribution is -2.33. The highest BCUT2D eigenvalue weighted by Crippen LogP contribution is 2.22. The largest absolute Gasteiger partial charge is 0.478 e. The molecule has 22 heavy (non-hydrogen) atoms. The Kier molecular flexibility index (Phi) is 6.41. The van der Waals surface area contributed by atoms with Crippen molar-refractivity contribution in [3.8, 4) is 0 Å². The topological polar surface area (TPSA) is 75.6 Å². The van der Waals surface area contributed by atoms with E-state index < -0.39 is 17.7 Å². The molecule has 0 spiro atoms. The summed E-state index contributed by atoms with van der Waals surface area (Å²) in [5, 5.41) is 11.9. The summed E-state index contributed by atoms with van der Waals surface area (Å²) in [6, 6.07) is 3.48. The van der Waals surface area contributed by atoms with Gasteiger partial charge in [0.15, 0.2) is 0 Å². The molecule has 0 aliphatic rings. The number of hydrogen-bond donors (Lipinski definition) is 2. The summed E-state index contributed by atoms with van der Waals surface area (Å²) >= 11 is 3.34. The minimum absolute atomic E-state index is 0.287. The van der Waals surface area contributed by atoms with Crippen molar-refractivity contribution in [2.75, 3.05) is 6.54 Å². The number of carboxylic acid groups (broad SMARTS) is 1. The molecule has 2 N–H and O–H groups in total. The predicted molar refractivity (Wildman–Crippen MR) is 88.4 cm³/mol. The molecule has 6 heteroatoms. The van der Waals surface area contributed by atoms with E-state index >= 15 is 0 Å². The van der Waals surface area contributed by atoms with Crippen LogP contribution < -0.4 is 5.32 Å². The quantitative estimate of drug-likeness (QED) is 0.769. The molecule has 1 amide bonds. The highest BCUT2D eigenvalue weighted by molar-refractivity contribution is 9.10. The summed E-state index contributed by atoms with van der Waals surface area (Å²) in [6.45, 7) is 7.75. The first-order valence-corrected chi connectivity index (χ1v) is 7.88. The van der Waals surface area contributed by atoms with Crippen LogP contribution in [0.3, 0.4) is 0 Å². The lowest BCUT2D eigenvalue weighted by atomic mass is 10.0. The summed E-state index contributed by atoms with van der Waals surface area (Å²) < 4.78 is 5.91. The van der Waals surface area contributed by atoms with E-state index in [1.807, 2.05) is 13.0 Å². The van der Waals surface area contributed by atoms with Gasteiger partial charge in [0.1, 0.15) is 5.60 Å². The second kappa shape index (κ2) is 7.63. The van der Waals surface area contributed by atoms with Gasteiger partial charge < -0.3 is 15.2 Å². The first-order valence-electron chi connectivity index (χ1n) is 7.09. The first kappa shape index (κ1) is 18.5. The van der Waals surface area contributed by atoms with Gasteiger partial charge in [-0.1, -0.05) is 22.0 Å². The van der Waals surface area contributed by atoms with Gasteiger partial charge in [0.2, 0.25) is 0 Å². The fraction of sp³-hybridized carbons (Fsp3) is 0.500. The van der Waals surface area contributed by atoms with Crippen molar-refractivity contribution in [1.29, 1.82) is 0 Å². The Morgan fingerprint density at radius 2 is 1.95 bits per heavy atom. The second-order valence-electron chi connectivity index (χ2n) is 6.10. The predicted octanol–water partition coefficient (Wildman–Crippen LogP) is 3.91. The van der Waals surface area contributed by atoms with E-state index in [-0.39, 0.29) is 5.56 Å². The smallest absolute Gasteiger partial charge is 0.407 e. The van der Waals surface area contributed by atoms with E-state index in [0.29, 0.717) is 19.4 Å². The number of alkyl carbamates (subject to hydrolysis) is 1. The van der Waals surface area contributed by atoms with Crippen LogP contribution >= 0.6 is 15.9 Å². The molecule has 0 saturated carbocycles. The number of amides is 1. The summed E-state index contributed by atoms with van der Waals surface area (Å²) in [7, 11) is 0. The van der Waals surface area contributed by atoms with Crippen LogP contribution in [-0.4, -0.2) is 29.3 Å². The van der Waals surface area contributed by atoms with Gasteiger partial charge in [-0.05, 0) is 57.7 Å². The van der Waals surface area contributed by atoms with Gasteiger partial charge in [-0.3, -0.25) is 0 Å². The number of ether oxygens (including phenoxy) is 1. The number of aromatic carboxylic acids is 1. The Labute approximate surface area is 139 Å². The van der Waals surface area contributed by atoms with Gasteiger partial charge in [-0.25, -0.2) is 9.59 Å². The number of carbonyl (C=O) groups is 2. The molecule has 0 aromatic heterocycles. The van der Waals surface area contributed by atoms with Crippen LogP contribution in [0.2, 0.25) is 0 Å². The molecule has 0 bridgehead atoms. The highest BCUT2D eigenvalue weighted by Gasteiger charge is 2.16. The molecule has 0 unspecified atom stereocenters. The van der Waals surface area contributed by atoms with Crippen molar-refractivity contribution in [2.24, 2.45) is 0 Å². The zero-order valence-electron chi connectivity index (χ0n) is 13.3. The van der Waals surface area contributed by atoms with E-state index in [1.165, 1.54) is 0 Å². The van der Waals surface area contributed by atoms with Gasteiger partial charge in [0.25, 0.3) is 0 Å². The van der Waals surface area contributed by atoms with Crippen LogP contribution in [0.5, 0.6) is 0 Å². The van der Waals surface area contributed by atoms with Crippen molar-refractivity contribution >= 4 is 28.0 Å². The maximum absolute atomic E-state index is 11.5. The number of halogens is 1. The van der Waals surface area contributed by atoms with Gasteiger partial charge in [-0.15, -0.1) is 0 Å². The highest BCUT2D eigenvalue weighted by atomic mass is 79.9. The number of rotatable bonds is 5. The molecule has 1 aromatic carbocycles. The fourth-order valence-electron chi connectivity index (χ4n) is 1.93. The van der Waals surface area contributed by atoms with E-state index in [1.54, 1.807) is 26.8 Å². The summed E-state index contributed by atoms with van der Waals surface area (Å²) in [5.41, 5.74) is 1.51. The SMILES string of the molecule is Cc1cc(CCCNC(=O)OC(C)(C)C)c(C(=O)O)cc1Br. The summed E-state index contributed by atoms with van der Waals surface area (Å²) in [6.07, 6.45) is 0.754. The van der Waals surface area contributed by atoms with Gasteiger partial charge >= 0.3 is 12.1 Å². The molecule has 0 aliphatic carbocycles. The molecule has 0 fully saturated rings. The number of benzene rings is 1. The van der Waals surface area contributed by atoms with E-state index in [0.717, 1.165) is 15.6 Å². The van der Waals surface area contributed by atoms with E-state index in [9.17, 15) is 14.7 Å². The maximum Gasteiger partial charge on any atom is 0.407 e. The average Bonchev–Trinajstić information content (AvgIpc) is 2.35. The van der Waals surface area contributed by atoms with Crippen LogP contribution in [0, 0.1) is 6.92 Å². The number of hydrogen-bond acceptors (Lipinski definition) is 3. The second-order valence-corrected chi connectivity index (χ2v) is 6.95. The fourth-order valence-corrected chi connectivity index (χ4v) is 2.27.